The zero-order valence-corrected chi connectivity index (χ0v) is 16.0. The molecule has 0 unspecified atom stereocenters. The molecule has 6 heteroatoms. The van der Waals surface area contributed by atoms with Crippen LogP contribution in [0.3, 0.4) is 0 Å². The first-order valence-corrected chi connectivity index (χ1v) is 9.54. The zero-order chi connectivity index (χ0) is 19.2. The fraction of sp³-hybridized carbons (Fsp3) is 0.476. The lowest BCUT2D eigenvalue weighted by Gasteiger charge is -2.18. The Hall–Kier alpha value is -2.02. The number of hydrogen-bond donors (Lipinski definition) is 2. The number of nitrogens with zero attached hydrogens (tertiary/aromatic N) is 2. The van der Waals surface area contributed by atoms with Crippen LogP contribution in [0.25, 0.3) is 11.1 Å². The summed E-state index contributed by atoms with van der Waals surface area (Å²) in [4.78, 5) is 6.46. The van der Waals surface area contributed by atoms with Crippen molar-refractivity contribution in [1.29, 1.82) is 0 Å². The number of aliphatic hydroxyl groups is 1. The van der Waals surface area contributed by atoms with Crippen molar-refractivity contribution in [2.24, 2.45) is 0 Å². The highest BCUT2D eigenvalue weighted by molar-refractivity contribution is 5.70. The Morgan fingerprint density at radius 3 is 2.93 bits per heavy atom. The van der Waals surface area contributed by atoms with E-state index in [1.54, 1.807) is 12.3 Å². The molecule has 0 amide bonds. The number of hydrogen-bond acceptors (Lipinski definition) is 5. The van der Waals surface area contributed by atoms with E-state index in [0.29, 0.717) is 18.4 Å². The highest BCUT2D eigenvalue weighted by Crippen LogP contribution is 2.33. The summed E-state index contributed by atoms with van der Waals surface area (Å²) >= 11 is 0. The molecule has 2 atom stereocenters. The van der Waals surface area contributed by atoms with Crippen molar-refractivity contribution in [2.45, 2.75) is 38.3 Å². The van der Waals surface area contributed by atoms with Gasteiger partial charge in [-0.15, -0.1) is 0 Å². The van der Waals surface area contributed by atoms with E-state index < -0.39 is 0 Å². The lowest BCUT2D eigenvalue weighted by molar-refractivity contribution is 0.129. The van der Waals surface area contributed by atoms with Gasteiger partial charge in [0.2, 0.25) is 0 Å². The van der Waals surface area contributed by atoms with Gasteiger partial charge in [0.15, 0.2) is 0 Å². The third kappa shape index (κ3) is 5.03. The number of ether oxygens (including phenoxy) is 1. The van der Waals surface area contributed by atoms with Crippen molar-refractivity contribution in [3.05, 3.63) is 48.0 Å². The highest BCUT2D eigenvalue weighted by atomic mass is 19.1. The van der Waals surface area contributed by atoms with Crippen LogP contribution in [0.2, 0.25) is 0 Å². The first kappa shape index (κ1) is 19.7. The molecule has 5 nitrogen and oxygen atoms in total. The molecule has 3 rings (SSSR count). The Morgan fingerprint density at radius 2 is 2.15 bits per heavy atom. The van der Waals surface area contributed by atoms with E-state index in [1.165, 1.54) is 12.1 Å². The summed E-state index contributed by atoms with van der Waals surface area (Å²) in [7, 11) is 1.91. The number of benzene rings is 1. The van der Waals surface area contributed by atoms with Gasteiger partial charge in [0.05, 0.1) is 19.0 Å². The molecule has 27 heavy (non-hydrogen) atoms. The van der Waals surface area contributed by atoms with Crippen LogP contribution in [-0.4, -0.2) is 48.0 Å². The maximum Gasteiger partial charge on any atom is 0.130 e. The van der Waals surface area contributed by atoms with Crippen molar-refractivity contribution in [2.75, 3.05) is 26.9 Å². The SMILES string of the molecule is CCOc1cc(F)ccc1-c1ccnc([C@H]2CC[C@@H](CCN(C)CO)N2)c1. The summed E-state index contributed by atoms with van der Waals surface area (Å²) in [5.41, 5.74) is 2.85. The maximum atomic E-state index is 13.6. The van der Waals surface area contributed by atoms with Crippen molar-refractivity contribution < 1.29 is 14.2 Å². The molecule has 0 bridgehead atoms. The largest absolute Gasteiger partial charge is 0.493 e. The van der Waals surface area contributed by atoms with Gasteiger partial charge in [-0.05, 0) is 63.1 Å². The molecule has 0 saturated carbocycles. The summed E-state index contributed by atoms with van der Waals surface area (Å²) in [5.74, 6) is 0.253. The van der Waals surface area contributed by atoms with Crippen LogP contribution in [0.5, 0.6) is 5.75 Å². The van der Waals surface area contributed by atoms with Gasteiger partial charge in [0.25, 0.3) is 0 Å². The van der Waals surface area contributed by atoms with Crippen LogP contribution < -0.4 is 10.1 Å². The summed E-state index contributed by atoms with van der Waals surface area (Å²) in [6, 6.07) is 9.29. The van der Waals surface area contributed by atoms with Gasteiger partial charge in [0.1, 0.15) is 11.6 Å². The summed E-state index contributed by atoms with van der Waals surface area (Å²) < 4.78 is 19.2. The lowest BCUT2D eigenvalue weighted by atomic mass is 10.0. The second kappa shape index (κ2) is 9.26. The van der Waals surface area contributed by atoms with Gasteiger partial charge in [-0.2, -0.15) is 0 Å². The lowest BCUT2D eigenvalue weighted by Crippen LogP contribution is -2.30. The fourth-order valence-corrected chi connectivity index (χ4v) is 3.54. The molecule has 1 saturated heterocycles. The predicted octanol–water partition coefficient (Wildman–Crippen LogP) is 3.35. The monoisotopic (exact) mass is 373 g/mol. The molecule has 0 spiro atoms. The molecular formula is C21H28FN3O2. The van der Waals surface area contributed by atoms with Crippen LogP contribution in [0.4, 0.5) is 4.39 Å². The fourth-order valence-electron chi connectivity index (χ4n) is 3.54. The minimum Gasteiger partial charge on any atom is -0.493 e. The van der Waals surface area contributed by atoms with Gasteiger partial charge in [0, 0.05) is 36.5 Å². The summed E-state index contributed by atoms with van der Waals surface area (Å²) in [6.07, 6.45) is 4.93. The number of pyridine rings is 1. The molecule has 1 aliphatic heterocycles. The molecule has 146 valence electrons. The van der Waals surface area contributed by atoms with E-state index in [1.807, 2.05) is 24.9 Å². The molecule has 2 aromatic rings. The van der Waals surface area contributed by atoms with Crippen molar-refractivity contribution in [3.63, 3.8) is 0 Å². The Morgan fingerprint density at radius 1 is 1.30 bits per heavy atom. The average Bonchev–Trinajstić information content (AvgIpc) is 3.16. The van der Waals surface area contributed by atoms with Crippen LogP contribution in [0.1, 0.15) is 37.9 Å². The molecule has 1 aromatic carbocycles. The first-order chi connectivity index (χ1) is 13.1. The minimum atomic E-state index is -0.301. The van der Waals surface area contributed by atoms with Crippen LogP contribution in [0, 0.1) is 5.82 Å². The van der Waals surface area contributed by atoms with Crippen molar-refractivity contribution in [3.8, 4) is 16.9 Å². The van der Waals surface area contributed by atoms with E-state index in [4.69, 9.17) is 9.84 Å². The second-order valence-corrected chi connectivity index (χ2v) is 7.05. The second-order valence-electron chi connectivity index (χ2n) is 7.05. The zero-order valence-electron chi connectivity index (χ0n) is 16.0. The van der Waals surface area contributed by atoms with E-state index in [9.17, 15) is 4.39 Å². The van der Waals surface area contributed by atoms with Gasteiger partial charge < -0.3 is 15.2 Å². The molecule has 2 heterocycles. The van der Waals surface area contributed by atoms with Crippen LogP contribution in [-0.2, 0) is 0 Å². The third-order valence-corrected chi connectivity index (χ3v) is 5.03. The normalized spacial score (nSPS) is 19.6. The van der Waals surface area contributed by atoms with Crippen molar-refractivity contribution >= 4 is 0 Å². The molecule has 0 aliphatic carbocycles. The molecule has 1 aromatic heterocycles. The smallest absolute Gasteiger partial charge is 0.130 e. The molecule has 0 radical (unpaired) electrons. The quantitative estimate of drug-likeness (QED) is 0.695. The summed E-state index contributed by atoms with van der Waals surface area (Å²) in [6.45, 7) is 3.33. The Kier molecular flexibility index (Phi) is 6.77. The van der Waals surface area contributed by atoms with Crippen molar-refractivity contribution in [1.82, 2.24) is 15.2 Å². The van der Waals surface area contributed by atoms with E-state index in [2.05, 4.69) is 16.4 Å². The standard InChI is InChI=1S/C21H28FN3O2/c1-3-27-21-13-16(22)4-6-18(21)15-8-10-23-20(12-15)19-7-5-17(24-19)9-11-25(2)14-26/h4,6,8,10,12-13,17,19,24,26H,3,5,7,9,11,14H2,1-2H3/t17-,19+/m0/s1. The maximum absolute atomic E-state index is 13.6. The molecule has 1 aliphatic rings. The van der Waals surface area contributed by atoms with E-state index in [-0.39, 0.29) is 18.6 Å². The molecule has 2 N–H and O–H groups in total. The Balaban J connectivity index is 1.73. The highest BCUT2D eigenvalue weighted by Gasteiger charge is 2.26. The minimum absolute atomic E-state index is 0.0829. The number of nitrogens with one attached hydrogen (secondary N) is 1. The Labute approximate surface area is 160 Å². The van der Waals surface area contributed by atoms with E-state index in [0.717, 1.165) is 42.6 Å². The van der Waals surface area contributed by atoms with Crippen LogP contribution in [0.15, 0.2) is 36.5 Å². The first-order valence-electron chi connectivity index (χ1n) is 9.54. The van der Waals surface area contributed by atoms with Gasteiger partial charge >= 0.3 is 0 Å². The average molecular weight is 373 g/mol. The topological polar surface area (TPSA) is 57.6 Å². The Bertz CT molecular complexity index is 756. The molecule has 1 fully saturated rings. The summed E-state index contributed by atoms with van der Waals surface area (Å²) in [5, 5.41) is 12.8. The third-order valence-electron chi connectivity index (χ3n) is 5.03. The van der Waals surface area contributed by atoms with Gasteiger partial charge in [-0.25, -0.2) is 4.39 Å². The number of rotatable bonds is 8. The number of aliphatic hydroxyl groups excluding tert-OH is 1. The van der Waals surface area contributed by atoms with Gasteiger partial charge in [-0.3, -0.25) is 9.88 Å². The van der Waals surface area contributed by atoms with E-state index >= 15 is 0 Å². The number of halogens is 1. The van der Waals surface area contributed by atoms with Gasteiger partial charge in [-0.1, -0.05) is 0 Å². The predicted molar refractivity (Wildman–Crippen MR) is 104 cm³/mol. The number of aromatic nitrogens is 1. The van der Waals surface area contributed by atoms with Crippen LogP contribution >= 0.6 is 0 Å². The molecular weight excluding hydrogens is 345 g/mol.